The minimum Gasteiger partial charge on any atom is -0.444 e. The van der Waals surface area contributed by atoms with Gasteiger partial charge in [-0.05, 0) is 20.8 Å². The van der Waals surface area contributed by atoms with Gasteiger partial charge in [-0.2, -0.15) is 0 Å². The van der Waals surface area contributed by atoms with Gasteiger partial charge < -0.3 is 19.7 Å². The maximum absolute atomic E-state index is 12.6. The molecule has 27 heavy (non-hydrogen) atoms. The van der Waals surface area contributed by atoms with Crippen molar-refractivity contribution in [3.63, 3.8) is 0 Å². The second kappa shape index (κ2) is 8.39. The van der Waals surface area contributed by atoms with Crippen molar-refractivity contribution in [3.8, 4) is 0 Å². The number of hydrogen-bond donors (Lipinski definition) is 2. The minimum absolute atomic E-state index is 0.222. The van der Waals surface area contributed by atoms with E-state index in [9.17, 15) is 14.4 Å². The number of ether oxygens (including phenoxy) is 2. The molecule has 0 bridgehead atoms. The van der Waals surface area contributed by atoms with Gasteiger partial charge in [0.15, 0.2) is 0 Å². The molecule has 0 aromatic rings. The molecule has 0 spiro atoms. The van der Waals surface area contributed by atoms with Gasteiger partial charge in [-0.25, -0.2) is 9.59 Å². The first-order chi connectivity index (χ1) is 12.5. The molecule has 4 amide bonds. The number of imide groups is 1. The molecule has 10 heteroatoms. The number of nitrogens with one attached hydrogen (secondary N) is 2. The molecular weight excluding hydrogens is 372 g/mol. The third-order valence-corrected chi connectivity index (χ3v) is 4.87. The Labute approximate surface area is 164 Å². The molecule has 2 N–H and O–H groups in total. The van der Waals surface area contributed by atoms with E-state index in [0.717, 1.165) is 0 Å². The average Bonchev–Trinajstić information content (AvgIpc) is 3.08. The zero-order valence-electron chi connectivity index (χ0n) is 16.4. The topological polar surface area (TPSA) is 100 Å². The fourth-order valence-electron chi connectivity index (χ4n) is 2.99. The highest BCUT2D eigenvalue weighted by atomic mass is 32.1. The summed E-state index contributed by atoms with van der Waals surface area (Å²) in [6, 6.07) is -1.36. The molecule has 2 aliphatic rings. The summed E-state index contributed by atoms with van der Waals surface area (Å²) >= 11 is 5.48. The number of urea groups is 1. The molecule has 2 saturated heterocycles. The number of nitrogens with zero attached hydrogens (tertiary/aromatic N) is 2. The molecule has 0 radical (unpaired) electrons. The highest BCUT2D eigenvalue weighted by Crippen LogP contribution is 2.25. The summed E-state index contributed by atoms with van der Waals surface area (Å²) < 4.78 is 11.4. The predicted molar refractivity (Wildman–Crippen MR) is 102 cm³/mol. The lowest BCUT2D eigenvalue weighted by Crippen LogP contribution is -2.46. The quantitative estimate of drug-likeness (QED) is 0.522. The van der Waals surface area contributed by atoms with Crippen LogP contribution in [0.4, 0.5) is 9.59 Å². The molecule has 9 nitrogen and oxygen atoms in total. The van der Waals surface area contributed by atoms with Crippen molar-refractivity contribution in [2.75, 3.05) is 27.2 Å². The van der Waals surface area contributed by atoms with Crippen molar-refractivity contribution < 1.29 is 23.9 Å². The molecule has 2 rings (SSSR count). The van der Waals surface area contributed by atoms with E-state index in [2.05, 4.69) is 10.6 Å². The highest BCUT2D eigenvalue weighted by Gasteiger charge is 2.41. The van der Waals surface area contributed by atoms with Gasteiger partial charge >= 0.3 is 12.1 Å². The molecule has 152 valence electrons. The van der Waals surface area contributed by atoms with Gasteiger partial charge in [-0.1, -0.05) is 12.2 Å². The van der Waals surface area contributed by atoms with Gasteiger partial charge in [0.2, 0.25) is 0 Å². The first kappa shape index (κ1) is 21.4. The summed E-state index contributed by atoms with van der Waals surface area (Å²) in [6.45, 7) is 6.09. The molecule has 2 fully saturated rings. The summed E-state index contributed by atoms with van der Waals surface area (Å²) in [4.78, 5) is 39.3. The maximum Gasteiger partial charge on any atom is 0.410 e. The lowest BCUT2D eigenvalue weighted by molar-refractivity contribution is -0.120. The van der Waals surface area contributed by atoms with Crippen LogP contribution in [0, 0.1) is 0 Å². The average molecular weight is 401 g/mol. The molecule has 2 aliphatic heterocycles. The molecule has 0 aliphatic carbocycles. The number of likely N-dealkylation sites (N-methyl/N-ethyl adjacent to an activating group) is 1. The van der Waals surface area contributed by atoms with Gasteiger partial charge in [0.25, 0.3) is 5.91 Å². The first-order valence-corrected chi connectivity index (χ1v) is 9.32. The van der Waals surface area contributed by atoms with E-state index < -0.39 is 23.8 Å². The number of carbonyl (C=O) groups is 3. The molecule has 0 aromatic heterocycles. The molecule has 2 heterocycles. The second-order valence-electron chi connectivity index (χ2n) is 7.91. The fourth-order valence-corrected chi connectivity index (χ4v) is 3.21. The third-order valence-electron chi connectivity index (χ3n) is 4.24. The predicted octanol–water partition coefficient (Wildman–Crippen LogP) is 0.868. The van der Waals surface area contributed by atoms with Crippen molar-refractivity contribution in [3.05, 3.63) is 0 Å². The summed E-state index contributed by atoms with van der Waals surface area (Å²) in [5.74, 6) is -0.350. The van der Waals surface area contributed by atoms with E-state index in [1.165, 1.54) is 0 Å². The number of thiocarbonyl (C=S) groups is 1. The van der Waals surface area contributed by atoms with E-state index in [0.29, 0.717) is 24.4 Å². The molecule has 3 atom stereocenters. The van der Waals surface area contributed by atoms with E-state index in [1.807, 2.05) is 34.9 Å². The third kappa shape index (κ3) is 5.77. The Hall–Kier alpha value is -1.94. The van der Waals surface area contributed by atoms with Crippen LogP contribution < -0.4 is 10.6 Å². The zero-order valence-corrected chi connectivity index (χ0v) is 17.2. The largest absolute Gasteiger partial charge is 0.444 e. The zero-order chi connectivity index (χ0) is 20.4. The lowest BCUT2D eigenvalue weighted by atomic mass is 10.2. The number of amides is 4. The van der Waals surface area contributed by atoms with Gasteiger partial charge in [-0.15, -0.1) is 0 Å². The van der Waals surface area contributed by atoms with Crippen LogP contribution in [0.3, 0.4) is 0 Å². The monoisotopic (exact) mass is 400 g/mol. The maximum atomic E-state index is 12.6. The Kier molecular flexibility index (Phi) is 6.63. The van der Waals surface area contributed by atoms with Crippen LogP contribution in [0.15, 0.2) is 0 Å². The molecular formula is C17H28N4O5S. The summed E-state index contributed by atoms with van der Waals surface area (Å²) in [5, 5.41) is 4.72. The van der Waals surface area contributed by atoms with Crippen molar-refractivity contribution >= 4 is 35.2 Å². The van der Waals surface area contributed by atoms with Crippen molar-refractivity contribution in [2.45, 2.75) is 57.4 Å². The van der Waals surface area contributed by atoms with E-state index in [1.54, 1.807) is 9.80 Å². The molecule has 0 aromatic carbocycles. The van der Waals surface area contributed by atoms with Gasteiger partial charge in [0.1, 0.15) is 16.6 Å². The lowest BCUT2D eigenvalue weighted by Gasteiger charge is -2.30. The Morgan fingerprint density at radius 1 is 1.33 bits per heavy atom. The van der Waals surface area contributed by atoms with Gasteiger partial charge in [-0.3, -0.25) is 15.0 Å². The highest BCUT2D eigenvalue weighted by molar-refractivity contribution is 7.80. The van der Waals surface area contributed by atoms with Crippen LogP contribution in [0.1, 0.15) is 33.6 Å². The van der Waals surface area contributed by atoms with Crippen molar-refractivity contribution in [1.29, 1.82) is 0 Å². The van der Waals surface area contributed by atoms with E-state index >= 15 is 0 Å². The minimum atomic E-state index is -0.603. The van der Waals surface area contributed by atoms with Crippen molar-refractivity contribution in [2.24, 2.45) is 0 Å². The second-order valence-corrected chi connectivity index (χ2v) is 8.33. The van der Waals surface area contributed by atoms with Crippen molar-refractivity contribution in [1.82, 2.24) is 20.4 Å². The number of carbonyl (C=O) groups excluding carboxylic acids is 3. The Morgan fingerprint density at radius 2 is 2.00 bits per heavy atom. The Balaban J connectivity index is 1.94. The smallest absolute Gasteiger partial charge is 0.410 e. The normalized spacial score (nSPS) is 25.2. The van der Waals surface area contributed by atoms with E-state index in [4.69, 9.17) is 21.7 Å². The molecule has 1 unspecified atom stereocenters. The number of hydrogen-bond acceptors (Lipinski definition) is 6. The Bertz CT molecular complexity index is 619. The van der Waals surface area contributed by atoms with Crippen LogP contribution in [-0.2, 0) is 14.3 Å². The fraction of sp³-hybridized carbons (Fsp3) is 0.765. The molecule has 0 saturated carbocycles. The number of rotatable bonds is 5. The standard InChI is InChI=1S/C17H28N4O5S/c1-17(2,3)26-16(24)21-9-10(8-12(21)14(27)20(4)5)25-7-6-11-13(22)19-15(23)18-11/h10-12H,6-9H2,1-5H3,(H2,18,19,22,23)/t10-,11?,12+/m1/s1. The van der Waals surface area contributed by atoms with Crippen LogP contribution in [0.25, 0.3) is 0 Å². The number of likely N-dealkylation sites (tertiary alicyclic amines) is 1. The SMILES string of the molecule is CN(C)C(=S)[C@@H]1C[C@@H](OCCC2NC(=O)NC2=O)CN1C(=O)OC(C)(C)C. The first-order valence-electron chi connectivity index (χ1n) is 8.91. The van der Waals surface area contributed by atoms with Crippen LogP contribution >= 0.6 is 12.2 Å². The summed E-state index contributed by atoms with van der Waals surface area (Å²) in [5.41, 5.74) is -0.603. The Morgan fingerprint density at radius 3 is 2.52 bits per heavy atom. The van der Waals surface area contributed by atoms with Crippen LogP contribution in [-0.4, -0.2) is 83.9 Å². The summed E-state index contributed by atoms with van der Waals surface area (Å²) in [6.07, 6.45) is 0.272. The summed E-state index contributed by atoms with van der Waals surface area (Å²) in [7, 11) is 3.68. The van der Waals surface area contributed by atoms with Gasteiger partial charge in [0, 0.05) is 33.5 Å². The van der Waals surface area contributed by atoms with Crippen LogP contribution in [0.2, 0.25) is 0 Å². The van der Waals surface area contributed by atoms with E-state index in [-0.39, 0.29) is 24.7 Å². The van der Waals surface area contributed by atoms with Crippen LogP contribution in [0.5, 0.6) is 0 Å². The van der Waals surface area contributed by atoms with Gasteiger partial charge in [0.05, 0.1) is 18.7 Å².